The molecule has 140 valence electrons. The number of hydrogen-bond acceptors (Lipinski definition) is 6. The zero-order valence-corrected chi connectivity index (χ0v) is 16.4. The summed E-state index contributed by atoms with van der Waals surface area (Å²) in [6.07, 6.45) is 3.31. The summed E-state index contributed by atoms with van der Waals surface area (Å²) in [5.74, 6) is 1.46. The van der Waals surface area contributed by atoms with Crippen LogP contribution in [0.2, 0.25) is 5.02 Å². The first-order valence-corrected chi connectivity index (χ1v) is 10.0. The average molecular weight is 396 g/mol. The molecule has 0 radical (unpaired) electrons. The molecule has 26 heavy (non-hydrogen) atoms. The van der Waals surface area contributed by atoms with E-state index in [0.717, 1.165) is 12.8 Å². The lowest BCUT2D eigenvalue weighted by atomic mass is 9.98. The highest BCUT2D eigenvalue weighted by Crippen LogP contribution is 2.25. The van der Waals surface area contributed by atoms with Crippen molar-refractivity contribution < 1.29 is 13.9 Å². The third-order valence-corrected chi connectivity index (χ3v) is 5.48. The fourth-order valence-electron chi connectivity index (χ4n) is 3.14. The van der Waals surface area contributed by atoms with Crippen molar-refractivity contribution in [3.8, 4) is 5.75 Å². The van der Waals surface area contributed by atoms with Crippen LogP contribution in [0.1, 0.15) is 39.0 Å². The van der Waals surface area contributed by atoms with E-state index < -0.39 is 0 Å². The fraction of sp³-hybridized carbons (Fsp3) is 0.500. The Balaban J connectivity index is 1.48. The Bertz CT molecular complexity index is 728. The van der Waals surface area contributed by atoms with Crippen molar-refractivity contribution in [2.45, 2.75) is 57.0 Å². The number of carbonyl (C=O) groups is 1. The van der Waals surface area contributed by atoms with E-state index in [-0.39, 0.29) is 24.6 Å². The smallest absolute Gasteiger partial charge is 0.277 e. The van der Waals surface area contributed by atoms with Crippen LogP contribution in [0.25, 0.3) is 0 Å². The number of rotatable bonds is 6. The van der Waals surface area contributed by atoms with Gasteiger partial charge in [0, 0.05) is 17.1 Å². The highest BCUT2D eigenvalue weighted by molar-refractivity contribution is 7.99. The Hall–Kier alpha value is -1.73. The van der Waals surface area contributed by atoms with Crippen LogP contribution in [0.5, 0.6) is 5.75 Å². The lowest BCUT2D eigenvalue weighted by molar-refractivity contribution is -0.134. The molecule has 0 aliphatic carbocycles. The molecule has 3 rings (SSSR count). The Morgan fingerprint density at radius 3 is 2.65 bits per heavy atom. The molecule has 0 N–H and O–H groups in total. The van der Waals surface area contributed by atoms with Gasteiger partial charge in [-0.1, -0.05) is 23.4 Å². The van der Waals surface area contributed by atoms with E-state index in [4.69, 9.17) is 20.8 Å². The van der Waals surface area contributed by atoms with Crippen molar-refractivity contribution in [3.63, 3.8) is 0 Å². The predicted molar refractivity (Wildman–Crippen MR) is 100 cm³/mol. The van der Waals surface area contributed by atoms with E-state index in [9.17, 15) is 4.79 Å². The van der Waals surface area contributed by atoms with Crippen LogP contribution >= 0.6 is 23.4 Å². The molecule has 6 nitrogen and oxygen atoms in total. The molecule has 2 aromatic rings. The van der Waals surface area contributed by atoms with Gasteiger partial charge in [-0.2, -0.15) is 0 Å². The number of likely N-dealkylation sites (tertiary alicyclic amines) is 1. The van der Waals surface area contributed by atoms with Gasteiger partial charge in [-0.05, 0) is 57.4 Å². The molecule has 1 amide bonds. The van der Waals surface area contributed by atoms with Gasteiger partial charge in [0.05, 0.1) is 5.75 Å². The molecule has 0 unspecified atom stereocenters. The Labute approximate surface area is 162 Å². The third kappa shape index (κ3) is 4.92. The number of piperidine rings is 1. The van der Waals surface area contributed by atoms with E-state index in [1.807, 2.05) is 4.90 Å². The number of halogens is 1. The summed E-state index contributed by atoms with van der Waals surface area (Å²) in [6.45, 7) is 4.39. The predicted octanol–water partition coefficient (Wildman–Crippen LogP) is 4.18. The van der Waals surface area contributed by atoms with Crippen LogP contribution < -0.4 is 4.74 Å². The van der Waals surface area contributed by atoms with Crippen LogP contribution in [-0.4, -0.2) is 38.8 Å². The number of benzene rings is 1. The third-order valence-electron chi connectivity index (χ3n) is 4.42. The summed E-state index contributed by atoms with van der Waals surface area (Å²) in [5, 5.41) is 8.96. The molecule has 1 aromatic carbocycles. The molecule has 2 atom stereocenters. The first-order chi connectivity index (χ1) is 12.5. The van der Waals surface area contributed by atoms with E-state index in [1.165, 1.54) is 18.2 Å². The standard InChI is InChI=1S/C18H22ClN3O3S/c1-12-4-3-5-13(2)22(12)17(23)11-26-18-21-20-16(25-18)10-24-15-8-6-14(19)7-9-15/h6-9,12-13H,3-5,10-11H2,1-2H3/t12-,13-/m1/s1. The normalized spacial score (nSPS) is 20.2. The van der Waals surface area contributed by atoms with Gasteiger partial charge in [-0.25, -0.2) is 0 Å². The van der Waals surface area contributed by atoms with Gasteiger partial charge in [0.2, 0.25) is 5.91 Å². The molecule has 8 heteroatoms. The zero-order chi connectivity index (χ0) is 18.5. The van der Waals surface area contributed by atoms with Gasteiger partial charge in [0.25, 0.3) is 11.1 Å². The molecule has 0 bridgehead atoms. The summed E-state index contributed by atoms with van der Waals surface area (Å²) < 4.78 is 11.1. The number of amides is 1. The van der Waals surface area contributed by atoms with Crippen molar-refractivity contribution in [1.82, 2.24) is 15.1 Å². The molecule has 1 saturated heterocycles. The number of ether oxygens (including phenoxy) is 1. The van der Waals surface area contributed by atoms with Crippen molar-refractivity contribution in [3.05, 3.63) is 35.2 Å². The number of thioether (sulfide) groups is 1. The van der Waals surface area contributed by atoms with Crippen LogP contribution in [0.4, 0.5) is 0 Å². The van der Waals surface area contributed by atoms with Crippen molar-refractivity contribution in [1.29, 1.82) is 0 Å². The van der Waals surface area contributed by atoms with Gasteiger partial charge in [-0.3, -0.25) is 4.79 Å². The molecule has 1 fully saturated rings. The molecule has 1 aliphatic heterocycles. The van der Waals surface area contributed by atoms with E-state index in [2.05, 4.69) is 24.0 Å². The van der Waals surface area contributed by atoms with Gasteiger partial charge < -0.3 is 14.1 Å². The minimum atomic E-state index is 0.117. The molecule has 2 heterocycles. The topological polar surface area (TPSA) is 68.5 Å². The monoisotopic (exact) mass is 395 g/mol. The SMILES string of the molecule is C[C@@H]1CCC[C@@H](C)N1C(=O)CSc1nnc(COc2ccc(Cl)cc2)o1. The highest BCUT2D eigenvalue weighted by atomic mass is 35.5. The molecule has 1 aliphatic rings. The number of aromatic nitrogens is 2. The second-order valence-electron chi connectivity index (χ2n) is 6.42. The zero-order valence-electron chi connectivity index (χ0n) is 14.9. The fourth-order valence-corrected chi connectivity index (χ4v) is 3.92. The van der Waals surface area contributed by atoms with E-state index in [0.29, 0.717) is 27.6 Å². The summed E-state index contributed by atoms with van der Waals surface area (Å²) in [5.41, 5.74) is 0. The summed E-state index contributed by atoms with van der Waals surface area (Å²) >= 11 is 7.10. The Morgan fingerprint density at radius 2 is 1.96 bits per heavy atom. The quantitative estimate of drug-likeness (QED) is 0.683. The first kappa shape index (κ1) is 19.0. The van der Waals surface area contributed by atoms with Crippen molar-refractivity contribution >= 4 is 29.3 Å². The maximum absolute atomic E-state index is 12.5. The minimum absolute atomic E-state index is 0.117. The van der Waals surface area contributed by atoms with Crippen LogP contribution in [0.3, 0.4) is 0 Å². The average Bonchev–Trinajstić information content (AvgIpc) is 3.07. The molecule has 0 spiro atoms. The van der Waals surface area contributed by atoms with Crippen molar-refractivity contribution in [2.75, 3.05) is 5.75 Å². The summed E-state index contributed by atoms with van der Waals surface area (Å²) in [7, 11) is 0. The van der Waals surface area contributed by atoms with Crippen LogP contribution in [0, 0.1) is 0 Å². The number of carbonyl (C=O) groups excluding carboxylic acids is 1. The molecule has 1 aromatic heterocycles. The molecular weight excluding hydrogens is 374 g/mol. The van der Waals surface area contributed by atoms with Gasteiger partial charge >= 0.3 is 0 Å². The van der Waals surface area contributed by atoms with Gasteiger partial charge in [-0.15, -0.1) is 10.2 Å². The lowest BCUT2D eigenvalue weighted by Crippen LogP contribution is -2.48. The maximum Gasteiger partial charge on any atom is 0.277 e. The van der Waals surface area contributed by atoms with Crippen LogP contribution in [-0.2, 0) is 11.4 Å². The second kappa shape index (κ2) is 8.77. The van der Waals surface area contributed by atoms with Gasteiger partial charge in [0.1, 0.15) is 5.75 Å². The summed E-state index contributed by atoms with van der Waals surface area (Å²) in [6, 6.07) is 7.62. The first-order valence-electron chi connectivity index (χ1n) is 8.67. The van der Waals surface area contributed by atoms with E-state index >= 15 is 0 Å². The highest BCUT2D eigenvalue weighted by Gasteiger charge is 2.29. The molecule has 0 saturated carbocycles. The van der Waals surface area contributed by atoms with E-state index in [1.54, 1.807) is 24.3 Å². The maximum atomic E-state index is 12.5. The largest absolute Gasteiger partial charge is 0.484 e. The number of nitrogens with zero attached hydrogens (tertiary/aromatic N) is 3. The molecular formula is C18H22ClN3O3S. The Morgan fingerprint density at radius 1 is 1.27 bits per heavy atom. The van der Waals surface area contributed by atoms with Gasteiger partial charge in [0.15, 0.2) is 6.61 Å². The second-order valence-corrected chi connectivity index (χ2v) is 7.79. The van der Waals surface area contributed by atoms with Crippen LogP contribution in [0.15, 0.2) is 33.9 Å². The van der Waals surface area contributed by atoms with Crippen molar-refractivity contribution in [2.24, 2.45) is 0 Å². The Kier molecular flexibility index (Phi) is 6.43. The summed E-state index contributed by atoms with van der Waals surface area (Å²) in [4.78, 5) is 14.5. The number of hydrogen-bond donors (Lipinski definition) is 0. The lowest BCUT2D eigenvalue weighted by Gasteiger charge is -2.39. The minimum Gasteiger partial charge on any atom is -0.484 e.